The van der Waals surface area contributed by atoms with Crippen LogP contribution in [0.25, 0.3) is 0 Å². The molecule has 50 heavy (non-hydrogen) atoms. The van der Waals surface area contributed by atoms with Gasteiger partial charge in [-0.1, -0.05) is 150 Å². The summed E-state index contributed by atoms with van der Waals surface area (Å²) in [6.45, 7) is 7.31. The molecule has 0 saturated carbocycles. The number of nitrogens with two attached hydrogens (primary N) is 1. The monoisotopic (exact) mass is 713 g/mol. The molecule has 1 saturated heterocycles. The van der Waals surface area contributed by atoms with E-state index in [1.54, 1.807) is 0 Å². The van der Waals surface area contributed by atoms with Crippen LogP contribution in [-0.4, -0.2) is 87.8 Å². The van der Waals surface area contributed by atoms with Crippen LogP contribution in [0.1, 0.15) is 175 Å². The minimum Gasteiger partial charge on any atom is -0.394 e. The van der Waals surface area contributed by atoms with E-state index in [2.05, 4.69) is 24.5 Å². The third-order valence-corrected chi connectivity index (χ3v) is 10.0. The molecule has 11 heteroatoms. The van der Waals surface area contributed by atoms with Crippen molar-refractivity contribution in [2.75, 3.05) is 19.7 Å². The summed E-state index contributed by atoms with van der Waals surface area (Å²) in [7, 11) is 0. The summed E-state index contributed by atoms with van der Waals surface area (Å²) in [6.07, 6.45) is 19.9. The largest absolute Gasteiger partial charge is 0.394 e. The Labute approximate surface area is 304 Å². The maximum Gasteiger partial charge on any atom is 0.243 e. The standard InChI is InChI=1S/C39H76N4O7/c1-5-7-9-11-13-15-16-17-19-21-23-25-27-43(35(47)26-24-22-20-18-14-12-10-8-6-2)39(28-32(45)37(48)33(30-44)50-39)42-34(46)29-41-38(49)36(40)31(3)4/h31-33,36-37,44-45,48H,5-30,40H2,1-4H3,(H,41,49)(H,42,46)/t32-,33-,36+,37+,39+/m1/s1. The van der Waals surface area contributed by atoms with Crippen LogP contribution in [0.2, 0.25) is 0 Å². The van der Waals surface area contributed by atoms with Crippen LogP contribution in [0.5, 0.6) is 0 Å². The van der Waals surface area contributed by atoms with Gasteiger partial charge in [0.05, 0.1) is 25.3 Å². The Bertz CT molecular complexity index is 908. The molecular formula is C39H76N4O7. The quantitative estimate of drug-likeness (QED) is 0.0400. The van der Waals surface area contributed by atoms with Gasteiger partial charge in [0.25, 0.3) is 0 Å². The average molecular weight is 713 g/mol. The summed E-state index contributed by atoms with van der Waals surface area (Å²) in [5.74, 6) is -3.26. The first-order valence-electron chi connectivity index (χ1n) is 20.3. The number of aliphatic hydroxyl groups is 3. The first-order valence-corrected chi connectivity index (χ1v) is 20.3. The van der Waals surface area contributed by atoms with Gasteiger partial charge in [0.15, 0.2) is 0 Å². The second-order valence-corrected chi connectivity index (χ2v) is 14.9. The van der Waals surface area contributed by atoms with Crippen LogP contribution < -0.4 is 16.4 Å². The van der Waals surface area contributed by atoms with Gasteiger partial charge in [-0.25, -0.2) is 0 Å². The first-order chi connectivity index (χ1) is 24.0. The van der Waals surface area contributed by atoms with E-state index >= 15 is 0 Å². The number of unbranched alkanes of at least 4 members (excludes halogenated alkanes) is 19. The fraction of sp³-hybridized carbons (Fsp3) is 0.923. The molecule has 0 bridgehead atoms. The molecule has 1 fully saturated rings. The zero-order valence-corrected chi connectivity index (χ0v) is 32.3. The average Bonchev–Trinajstić information content (AvgIpc) is 3.09. The SMILES string of the molecule is CCCCCCCCCCCCCCN(C(=O)CCCCCCCCCCC)[C@@]1(NC(=O)CNC(=O)[C@@H](N)C(C)C)C[C@@H](O)[C@H](O)[C@@H](CO)O1. The summed E-state index contributed by atoms with van der Waals surface area (Å²) < 4.78 is 6.18. The van der Waals surface area contributed by atoms with Crippen molar-refractivity contribution in [3.63, 3.8) is 0 Å². The summed E-state index contributed by atoms with van der Waals surface area (Å²) in [6, 6.07) is -0.793. The Hall–Kier alpha value is -1.79. The molecule has 5 atom stereocenters. The Morgan fingerprint density at radius 1 is 0.780 bits per heavy atom. The molecule has 1 rings (SSSR count). The van der Waals surface area contributed by atoms with Crippen LogP contribution in [0.3, 0.4) is 0 Å². The maximum atomic E-state index is 14.0. The third kappa shape index (κ3) is 18.6. The number of rotatable bonds is 30. The van der Waals surface area contributed by atoms with Crippen LogP contribution in [0, 0.1) is 5.92 Å². The zero-order valence-electron chi connectivity index (χ0n) is 32.3. The molecule has 0 aromatic carbocycles. The number of nitrogens with one attached hydrogen (secondary N) is 2. The van der Waals surface area contributed by atoms with Gasteiger partial charge in [-0.05, 0) is 18.8 Å². The van der Waals surface area contributed by atoms with Crippen molar-refractivity contribution in [3.05, 3.63) is 0 Å². The van der Waals surface area contributed by atoms with E-state index in [1.807, 2.05) is 13.8 Å². The number of amides is 3. The molecule has 3 amide bonds. The van der Waals surface area contributed by atoms with Crippen molar-refractivity contribution in [3.8, 4) is 0 Å². The van der Waals surface area contributed by atoms with E-state index < -0.39 is 55.2 Å². The first kappa shape index (κ1) is 46.2. The Balaban J connectivity index is 2.97. The van der Waals surface area contributed by atoms with Crippen molar-refractivity contribution in [1.82, 2.24) is 15.5 Å². The predicted octanol–water partition coefficient (Wildman–Crippen LogP) is 5.81. The van der Waals surface area contributed by atoms with Crippen LogP contribution in [0.15, 0.2) is 0 Å². The second kappa shape index (κ2) is 27.8. The minimum atomic E-state index is -1.80. The summed E-state index contributed by atoms with van der Waals surface area (Å²) in [5, 5.41) is 36.9. The van der Waals surface area contributed by atoms with Gasteiger partial charge in [-0.15, -0.1) is 0 Å². The summed E-state index contributed by atoms with van der Waals surface area (Å²) in [4.78, 5) is 41.3. The number of hydrogen-bond acceptors (Lipinski definition) is 8. The summed E-state index contributed by atoms with van der Waals surface area (Å²) >= 11 is 0. The molecule has 0 radical (unpaired) electrons. The highest BCUT2D eigenvalue weighted by Crippen LogP contribution is 2.32. The Kier molecular flexibility index (Phi) is 25.7. The number of hydrogen-bond donors (Lipinski definition) is 6. The van der Waals surface area contributed by atoms with Gasteiger partial charge >= 0.3 is 0 Å². The maximum absolute atomic E-state index is 14.0. The highest BCUT2D eigenvalue weighted by molar-refractivity contribution is 5.88. The van der Waals surface area contributed by atoms with Crippen molar-refractivity contribution in [2.24, 2.45) is 11.7 Å². The van der Waals surface area contributed by atoms with Gasteiger partial charge < -0.3 is 36.4 Å². The van der Waals surface area contributed by atoms with Crippen molar-refractivity contribution < 1.29 is 34.4 Å². The van der Waals surface area contributed by atoms with Gasteiger partial charge in [0, 0.05) is 19.4 Å². The van der Waals surface area contributed by atoms with Crippen LogP contribution >= 0.6 is 0 Å². The highest BCUT2D eigenvalue weighted by atomic mass is 16.6. The summed E-state index contributed by atoms with van der Waals surface area (Å²) in [5.41, 5.74) is 5.94. The van der Waals surface area contributed by atoms with Crippen molar-refractivity contribution in [2.45, 2.75) is 206 Å². The lowest BCUT2D eigenvalue weighted by Crippen LogP contribution is -2.72. The fourth-order valence-corrected chi connectivity index (χ4v) is 6.68. The van der Waals surface area contributed by atoms with Crippen LogP contribution in [-0.2, 0) is 19.1 Å². The number of carbonyl (C=O) groups excluding carboxylic acids is 3. The third-order valence-electron chi connectivity index (χ3n) is 10.0. The molecule has 1 aliphatic heterocycles. The van der Waals surface area contributed by atoms with Gasteiger partial charge in [0.2, 0.25) is 23.6 Å². The number of aliphatic hydroxyl groups excluding tert-OH is 3. The normalized spacial score (nSPS) is 21.3. The molecule has 0 aliphatic carbocycles. The Morgan fingerprint density at radius 2 is 1.24 bits per heavy atom. The van der Waals surface area contributed by atoms with Gasteiger partial charge in [-0.2, -0.15) is 0 Å². The number of carbonyl (C=O) groups is 3. The lowest BCUT2D eigenvalue weighted by atomic mass is 9.96. The van der Waals surface area contributed by atoms with Crippen molar-refractivity contribution >= 4 is 17.7 Å². The molecule has 0 aromatic heterocycles. The van der Waals surface area contributed by atoms with Gasteiger partial charge in [-0.3, -0.25) is 19.3 Å². The molecule has 1 aliphatic rings. The molecule has 7 N–H and O–H groups in total. The zero-order chi connectivity index (χ0) is 37.2. The predicted molar refractivity (Wildman–Crippen MR) is 200 cm³/mol. The molecule has 0 spiro atoms. The fourth-order valence-electron chi connectivity index (χ4n) is 6.68. The van der Waals surface area contributed by atoms with Crippen LogP contribution in [0.4, 0.5) is 0 Å². The van der Waals surface area contributed by atoms with E-state index in [0.717, 1.165) is 38.5 Å². The smallest absolute Gasteiger partial charge is 0.243 e. The molecule has 0 aromatic rings. The number of nitrogens with zero attached hydrogens (tertiary/aromatic N) is 1. The minimum absolute atomic E-state index is 0.127. The molecule has 1 heterocycles. The van der Waals surface area contributed by atoms with E-state index in [0.29, 0.717) is 12.8 Å². The molecular weight excluding hydrogens is 636 g/mol. The lowest BCUT2D eigenvalue weighted by molar-refractivity contribution is -0.280. The Morgan fingerprint density at radius 3 is 1.70 bits per heavy atom. The lowest BCUT2D eigenvalue weighted by Gasteiger charge is -2.50. The van der Waals surface area contributed by atoms with E-state index in [4.69, 9.17) is 10.5 Å². The van der Waals surface area contributed by atoms with E-state index in [1.165, 1.54) is 88.4 Å². The number of ether oxygens (including phenoxy) is 1. The van der Waals surface area contributed by atoms with Gasteiger partial charge in [0.1, 0.15) is 12.2 Å². The van der Waals surface area contributed by atoms with E-state index in [-0.39, 0.29) is 31.2 Å². The second-order valence-electron chi connectivity index (χ2n) is 14.9. The highest BCUT2D eigenvalue weighted by Gasteiger charge is 2.52. The van der Waals surface area contributed by atoms with E-state index in [9.17, 15) is 29.7 Å². The molecule has 294 valence electrons. The topological polar surface area (TPSA) is 174 Å². The molecule has 11 nitrogen and oxygen atoms in total. The molecule has 0 unspecified atom stereocenters. The van der Waals surface area contributed by atoms with Crippen molar-refractivity contribution in [1.29, 1.82) is 0 Å².